The number of nitrogens with zero attached hydrogens (tertiary/aromatic N) is 1. The molecule has 0 aliphatic carbocycles. The molecule has 7 heavy (non-hydrogen) atoms. The molecule has 0 heterocycles. The number of hydrogen-bond acceptors (Lipinski definition) is 5. The summed E-state index contributed by atoms with van der Waals surface area (Å²) in [5, 5.41) is 26.8. The monoisotopic (exact) mass is 119 g/mol. The molecule has 0 saturated carbocycles. The van der Waals surface area contributed by atoms with E-state index in [1.807, 2.05) is 0 Å². The molecule has 2 N–H and O–H groups in total. The molecular formula is H2NNaO5. The number of rotatable bonds is 0. The van der Waals surface area contributed by atoms with Crippen molar-refractivity contribution in [2.24, 2.45) is 0 Å². The second-order valence-electron chi connectivity index (χ2n) is 0.224. The molecule has 0 aliphatic rings. The van der Waals surface area contributed by atoms with Gasteiger partial charge in [-0.05, 0) is 0 Å². The van der Waals surface area contributed by atoms with Crippen molar-refractivity contribution in [2.75, 3.05) is 0 Å². The quantitative estimate of drug-likeness (QED) is 0.151. The van der Waals surface area contributed by atoms with Gasteiger partial charge in [0.25, 0.3) is 0 Å². The maximum absolute atomic E-state index is 8.25. The molecule has 0 saturated heterocycles. The van der Waals surface area contributed by atoms with Gasteiger partial charge < -0.3 is 15.3 Å². The maximum atomic E-state index is 8.25. The van der Waals surface area contributed by atoms with E-state index in [9.17, 15) is 0 Å². The zero-order valence-corrected chi connectivity index (χ0v) is 5.57. The van der Waals surface area contributed by atoms with Crippen LogP contribution in [0.25, 0.3) is 0 Å². The van der Waals surface area contributed by atoms with Crippen LogP contribution in [0.5, 0.6) is 0 Å². The van der Waals surface area contributed by atoms with Crippen LogP contribution in [-0.4, -0.2) is 15.6 Å². The summed E-state index contributed by atoms with van der Waals surface area (Å²) in [5.41, 5.74) is 0. The van der Waals surface area contributed by atoms with Gasteiger partial charge in [-0.2, -0.15) is 0 Å². The van der Waals surface area contributed by atoms with Gasteiger partial charge in [-0.15, -0.1) is 0 Å². The van der Waals surface area contributed by atoms with Gasteiger partial charge >= 0.3 is 29.6 Å². The van der Waals surface area contributed by atoms with Crippen LogP contribution in [0.1, 0.15) is 0 Å². The third-order valence-corrected chi connectivity index (χ3v) is 0. The fourth-order valence-corrected chi connectivity index (χ4v) is 0. The van der Waals surface area contributed by atoms with E-state index in [1.54, 1.807) is 0 Å². The second kappa shape index (κ2) is 16.5. The first-order valence-corrected chi connectivity index (χ1v) is 0.748. The minimum atomic E-state index is -1.75. The molecule has 0 bridgehead atoms. The summed E-state index contributed by atoms with van der Waals surface area (Å²) in [4.78, 5) is 8.25. The molecule has 0 spiro atoms. The Balaban J connectivity index is -0.0000000480. The van der Waals surface area contributed by atoms with Gasteiger partial charge in [-0.1, -0.05) is 0 Å². The summed E-state index contributed by atoms with van der Waals surface area (Å²) in [6.07, 6.45) is 0. The summed E-state index contributed by atoms with van der Waals surface area (Å²) in [6.45, 7) is 0. The Labute approximate surface area is 60.7 Å². The van der Waals surface area contributed by atoms with Crippen molar-refractivity contribution in [3.8, 4) is 0 Å². The van der Waals surface area contributed by atoms with Gasteiger partial charge in [0, 0.05) is 0 Å². The van der Waals surface area contributed by atoms with E-state index in [1.165, 1.54) is 0 Å². The minimum absolute atomic E-state index is 0. The largest absolute Gasteiger partial charge is 1.00 e. The molecule has 0 unspecified atom stereocenters. The Hall–Kier alpha value is 0.120. The van der Waals surface area contributed by atoms with Gasteiger partial charge in [0.15, 0.2) is 0 Å². The summed E-state index contributed by atoms with van der Waals surface area (Å²) < 4.78 is 0. The first-order chi connectivity index (χ1) is 2.73. The Kier molecular flexibility index (Phi) is 37.0. The third-order valence-electron chi connectivity index (χ3n) is 0. The molecule has 38 valence electrons. The van der Waals surface area contributed by atoms with Crippen molar-refractivity contribution < 1.29 is 45.2 Å². The Bertz CT molecular complexity index is 31.1. The molecule has 0 aromatic carbocycles. The van der Waals surface area contributed by atoms with Gasteiger partial charge in [0.2, 0.25) is 0 Å². The van der Waals surface area contributed by atoms with Crippen molar-refractivity contribution >= 4 is 0 Å². The van der Waals surface area contributed by atoms with Crippen LogP contribution in [0.3, 0.4) is 0 Å². The predicted molar refractivity (Wildman–Crippen MR) is 15.6 cm³/mol. The molecule has 0 radical (unpaired) electrons. The van der Waals surface area contributed by atoms with E-state index in [0.29, 0.717) is 0 Å². The molecule has 7 heteroatoms. The predicted octanol–water partition coefficient (Wildman–Crippen LogP) is -3.22. The van der Waals surface area contributed by atoms with Crippen molar-refractivity contribution in [1.29, 1.82) is 0 Å². The van der Waals surface area contributed by atoms with Gasteiger partial charge in [-0.25, -0.2) is 0 Å². The van der Waals surface area contributed by atoms with Crippen LogP contribution in [0, 0.1) is 15.3 Å². The maximum Gasteiger partial charge on any atom is 1.00 e. The summed E-state index contributed by atoms with van der Waals surface area (Å²) >= 11 is 0. The van der Waals surface area contributed by atoms with E-state index in [-0.39, 0.29) is 29.6 Å². The van der Waals surface area contributed by atoms with Crippen LogP contribution in [-0.2, 0) is 0 Å². The Morgan fingerprint density at radius 3 is 1.29 bits per heavy atom. The van der Waals surface area contributed by atoms with Gasteiger partial charge in [-0.3, -0.25) is 10.5 Å². The van der Waals surface area contributed by atoms with E-state index in [0.717, 1.165) is 0 Å². The minimum Gasteiger partial charge on any atom is -0.356 e. The van der Waals surface area contributed by atoms with Gasteiger partial charge in [0.1, 0.15) is 0 Å². The van der Waals surface area contributed by atoms with E-state index in [4.69, 9.17) is 25.8 Å². The van der Waals surface area contributed by atoms with Crippen LogP contribution in [0.15, 0.2) is 0 Å². The van der Waals surface area contributed by atoms with Crippen LogP contribution < -0.4 is 29.6 Å². The average molecular weight is 119 g/mol. The smallest absolute Gasteiger partial charge is 0.356 e. The molecule has 0 fully saturated rings. The summed E-state index contributed by atoms with van der Waals surface area (Å²) in [5.74, 6) is 0. The third kappa shape index (κ3) is 7210. The normalized spacial score (nSPS) is 4.29. The van der Waals surface area contributed by atoms with E-state index >= 15 is 0 Å². The Morgan fingerprint density at radius 2 is 1.29 bits per heavy atom. The topological polar surface area (TPSA) is 107 Å². The van der Waals surface area contributed by atoms with Crippen molar-refractivity contribution in [3.63, 3.8) is 0 Å². The van der Waals surface area contributed by atoms with E-state index < -0.39 is 5.09 Å². The molecule has 0 aromatic heterocycles. The SMILES string of the molecule is O=[N+]([O-])[O-].OO.[Na+]. The molecule has 0 rings (SSSR count). The van der Waals surface area contributed by atoms with E-state index in [2.05, 4.69) is 0 Å². The number of hydrogen-bond donors (Lipinski definition) is 2. The zero-order valence-electron chi connectivity index (χ0n) is 3.57. The molecule has 0 amide bonds. The second-order valence-corrected chi connectivity index (χ2v) is 0.224. The fourth-order valence-electron chi connectivity index (χ4n) is 0. The van der Waals surface area contributed by atoms with Crippen molar-refractivity contribution in [2.45, 2.75) is 0 Å². The molecule has 0 atom stereocenters. The van der Waals surface area contributed by atoms with Crippen LogP contribution in [0.4, 0.5) is 0 Å². The average Bonchev–Trinajstić information content (AvgIpc) is 1.41. The van der Waals surface area contributed by atoms with Crippen LogP contribution >= 0.6 is 0 Å². The summed E-state index contributed by atoms with van der Waals surface area (Å²) in [6, 6.07) is 0. The molecule has 0 aliphatic heterocycles. The molecule has 6 nitrogen and oxygen atoms in total. The summed E-state index contributed by atoms with van der Waals surface area (Å²) in [7, 11) is 0. The fraction of sp³-hybridized carbons (Fsp3) is 0. The molecular weight excluding hydrogens is 117 g/mol. The van der Waals surface area contributed by atoms with Crippen molar-refractivity contribution in [1.82, 2.24) is 0 Å². The van der Waals surface area contributed by atoms with Crippen LogP contribution in [0.2, 0.25) is 0 Å². The first kappa shape index (κ1) is 15.7. The zero-order chi connectivity index (χ0) is 5.58. The van der Waals surface area contributed by atoms with Crippen molar-refractivity contribution in [3.05, 3.63) is 15.3 Å². The van der Waals surface area contributed by atoms with Gasteiger partial charge in [0.05, 0.1) is 5.09 Å². The molecule has 0 aromatic rings. The Morgan fingerprint density at radius 1 is 1.29 bits per heavy atom. The standard InChI is InChI=1S/NO3.Na.H2O2/c2-1(3)4;;1-2/h;;1-2H/q-1;+1;. The first-order valence-electron chi connectivity index (χ1n) is 0.748.